The lowest BCUT2D eigenvalue weighted by atomic mass is 10.1. The smallest absolute Gasteiger partial charge is 0.274 e. The zero-order valence-electron chi connectivity index (χ0n) is 11.8. The normalized spacial score (nSPS) is 10.8. The van der Waals surface area contributed by atoms with E-state index in [1.54, 1.807) is 23.7 Å². The Morgan fingerprint density at radius 2 is 1.95 bits per heavy atom. The van der Waals surface area contributed by atoms with Gasteiger partial charge in [0.05, 0.1) is 11.0 Å². The molecule has 1 aromatic heterocycles. The molecule has 0 unspecified atom stereocenters. The van der Waals surface area contributed by atoms with Crippen LogP contribution in [0.25, 0.3) is 22.4 Å². The SMILES string of the molecule is Cc1ccc(-c2nc3ccc(C(=O)NO)cc3[nH]2)cc1C. The molecule has 0 aliphatic heterocycles. The molecule has 1 amide bonds. The van der Waals surface area contributed by atoms with Crippen LogP contribution >= 0.6 is 0 Å². The van der Waals surface area contributed by atoms with Crippen LogP contribution in [0.4, 0.5) is 0 Å². The molecule has 3 rings (SSSR count). The van der Waals surface area contributed by atoms with Gasteiger partial charge in [-0.2, -0.15) is 0 Å². The summed E-state index contributed by atoms with van der Waals surface area (Å²) in [5, 5.41) is 8.67. The highest BCUT2D eigenvalue weighted by Gasteiger charge is 2.09. The van der Waals surface area contributed by atoms with Crippen LogP contribution < -0.4 is 5.48 Å². The number of carbonyl (C=O) groups excluding carboxylic acids is 1. The largest absolute Gasteiger partial charge is 0.338 e. The van der Waals surface area contributed by atoms with E-state index >= 15 is 0 Å². The van der Waals surface area contributed by atoms with Crippen molar-refractivity contribution in [2.45, 2.75) is 13.8 Å². The van der Waals surface area contributed by atoms with Gasteiger partial charge in [0.25, 0.3) is 5.91 Å². The first-order valence-corrected chi connectivity index (χ1v) is 6.60. The van der Waals surface area contributed by atoms with E-state index < -0.39 is 5.91 Å². The number of H-pyrrole nitrogens is 1. The topological polar surface area (TPSA) is 78.0 Å². The molecule has 1 heterocycles. The highest BCUT2D eigenvalue weighted by atomic mass is 16.5. The van der Waals surface area contributed by atoms with Gasteiger partial charge in [0, 0.05) is 11.1 Å². The van der Waals surface area contributed by atoms with E-state index in [2.05, 4.69) is 35.9 Å². The van der Waals surface area contributed by atoms with Gasteiger partial charge >= 0.3 is 0 Å². The number of hydrogen-bond acceptors (Lipinski definition) is 3. The molecule has 5 heteroatoms. The molecule has 0 bridgehead atoms. The third-order valence-electron chi connectivity index (χ3n) is 3.63. The molecule has 21 heavy (non-hydrogen) atoms. The molecule has 106 valence electrons. The minimum absolute atomic E-state index is 0.375. The van der Waals surface area contributed by atoms with Gasteiger partial charge in [0.1, 0.15) is 5.82 Å². The van der Waals surface area contributed by atoms with Gasteiger partial charge in [-0.1, -0.05) is 12.1 Å². The maximum atomic E-state index is 11.4. The van der Waals surface area contributed by atoms with Gasteiger partial charge in [-0.05, 0) is 49.2 Å². The van der Waals surface area contributed by atoms with E-state index in [0.717, 1.165) is 22.4 Å². The monoisotopic (exact) mass is 281 g/mol. The van der Waals surface area contributed by atoms with E-state index in [1.165, 1.54) is 11.1 Å². The predicted octanol–water partition coefficient (Wildman–Crippen LogP) is 2.97. The summed E-state index contributed by atoms with van der Waals surface area (Å²) in [5.74, 6) is 0.217. The number of nitrogens with zero attached hydrogens (tertiary/aromatic N) is 1. The Hall–Kier alpha value is -2.66. The lowest BCUT2D eigenvalue weighted by Gasteiger charge is -2.02. The number of aryl methyl sites for hydroxylation is 2. The lowest BCUT2D eigenvalue weighted by molar-refractivity contribution is 0.0706. The molecule has 0 aliphatic rings. The minimum Gasteiger partial charge on any atom is -0.338 e. The minimum atomic E-state index is -0.542. The van der Waals surface area contributed by atoms with Gasteiger partial charge in [-0.3, -0.25) is 10.0 Å². The fourth-order valence-electron chi connectivity index (χ4n) is 2.24. The van der Waals surface area contributed by atoms with Crippen molar-refractivity contribution in [3.8, 4) is 11.4 Å². The van der Waals surface area contributed by atoms with Crippen LogP contribution in [0.2, 0.25) is 0 Å². The van der Waals surface area contributed by atoms with Gasteiger partial charge in [0.2, 0.25) is 0 Å². The van der Waals surface area contributed by atoms with Crippen LogP contribution in [0.3, 0.4) is 0 Å². The summed E-state index contributed by atoms with van der Waals surface area (Å²) in [6.07, 6.45) is 0. The van der Waals surface area contributed by atoms with Crippen molar-refractivity contribution in [3.63, 3.8) is 0 Å². The van der Waals surface area contributed by atoms with E-state index in [0.29, 0.717) is 5.56 Å². The molecule has 3 N–H and O–H groups in total. The number of rotatable bonds is 2. The third-order valence-corrected chi connectivity index (χ3v) is 3.63. The summed E-state index contributed by atoms with van der Waals surface area (Å²) >= 11 is 0. The Bertz CT molecular complexity index is 837. The Labute approximate surface area is 121 Å². The Morgan fingerprint density at radius 1 is 1.14 bits per heavy atom. The number of imidazole rings is 1. The fourth-order valence-corrected chi connectivity index (χ4v) is 2.24. The fraction of sp³-hybridized carbons (Fsp3) is 0.125. The third kappa shape index (κ3) is 2.39. The number of benzene rings is 2. The average Bonchev–Trinajstić information content (AvgIpc) is 2.92. The zero-order chi connectivity index (χ0) is 15.0. The van der Waals surface area contributed by atoms with Crippen molar-refractivity contribution in [3.05, 3.63) is 53.1 Å². The molecule has 3 aromatic rings. The van der Waals surface area contributed by atoms with Crippen molar-refractivity contribution >= 4 is 16.9 Å². The average molecular weight is 281 g/mol. The Kier molecular flexibility index (Phi) is 3.19. The van der Waals surface area contributed by atoms with Crippen LogP contribution in [0, 0.1) is 13.8 Å². The first kappa shape index (κ1) is 13.3. The van der Waals surface area contributed by atoms with Crippen LogP contribution in [-0.2, 0) is 0 Å². The number of hydrogen-bond donors (Lipinski definition) is 3. The first-order valence-electron chi connectivity index (χ1n) is 6.60. The zero-order valence-corrected chi connectivity index (χ0v) is 11.8. The van der Waals surface area contributed by atoms with Crippen molar-refractivity contribution in [2.24, 2.45) is 0 Å². The number of carbonyl (C=O) groups is 1. The lowest BCUT2D eigenvalue weighted by Crippen LogP contribution is -2.18. The number of aromatic amines is 1. The standard InChI is InChI=1S/C16H15N3O2/c1-9-3-4-11(7-10(9)2)15-17-13-6-5-12(16(20)19-21)8-14(13)18-15/h3-8,21H,1-2H3,(H,17,18)(H,19,20). The van der Waals surface area contributed by atoms with Crippen LogP contribution in [-0.4, -0.2) is 21.1 Å². The number of fused-ring (bicyclic) bond motifs is 1. The van der Waals surface area contributed by atoms with Gasteiger partial charge in [0.15, 0.2) is 0 Å². The molecule has 0 saturated heterocycles. The molecule has 0 fully saturated rings. The summed E-state index contributed by atoms with van der Waals surface area (Å²) in [7, 11) is 0. The number of amides is 1. The molecule has 0 aliphatic carbocycles. The van der Waals surface area contributed by atoms with Crippen LogP contribution in [0.15, 0.2) is 36.4 Å². The molecule has 0 saturated carbocycles. The second-order valence-corrected chi connectivity index (χ2v) is 5.06. The van der Waals surface area contributed by atoms with Crippen molar-refractivity contribution in [2.75, 3.05) is 0 Å². The number of hydroxylamine groups is 1. The van der Waals surface area contributed by atoms with Crippen LogP contribution in [0.1, 0.15) is 21.5 Å². The quantitative estimate of drug-likeness (QED) is 0.499. The maximum absolute atomic E-state index is 11.4. The first-order chi connectivity index (χ1) is 10.1. The van der Waals surface area contributed by atoms with Gasteiger partial charge in [-0.25, -0.2) is 10.5 Å². The van der Waals surface area contributed by atoms with E-state index in [-0.39, 0.29) is 0 Å². The van der Waals surface area contributed by atoms with E-state index in [4.69, 9.17) is 5.21 Å². The van der Waals surface area contributed by atoms with Gasteiger partial charge in [-0.15, -0.1) is 0 Å². The molecule has 2 aromatic carbocycles. The molecular formula is C16H15N3O2. The van der Waals surface area contributed by atoms with Crippen molar-refractivity contribution < 1.29 is 10.0 Å². The number of aromatic nitrogens is 2. The summed E-state index contributed by atoms with van der Waals surface area (Å²) in [6.45, 7) is 4.13. The van der Waals surface area contributed by atoms with Crippen molar-refractivity contribution in [1.29, 1.82) is 0 Å². The highest BCUT2D eigenvalue weighted by Crippen LogP contribution is 2.23. The maximum Gasteiger partial charge on any atom is 0.274 e. The second-order valence-electron chi connectivity index (χ2n) is 5.06. The second kappa shape index (κ2) is 5.03. The molecule has 0 radical (unpaired) electrons. The molecule has 0 atom stereocenters. The summed E-state index contributed by atoms with van der Waals surface area (Å²) in [6, 6.07) is 11.2. The van der Waals surface area contributed by atoms with E-state index in [9.17, 15) is 4.79 Å². The molecule has 5 nitrogen and oxygen atoms in total. The predicted molar refractivity (Wildman–Crippen MR) is 80.3 cm³/mol. The summed E-state index contributed by atoms with van der Waals surface area (Å²) in [5.41, 5.74) is 6.97. The molecular weight excluding hydrogens is 266 g/mol. The molecule has 0 spiro atoms. The summed E-state index contributed by atoms with van der Waals surface area (Å²) in [4.78, 5) is 19.2. The Balaban J connectivity index is 2.08. The summed E-state index contributed by atoms with van der Waals surface area (Å²) < 4.78 is 0. The van der Waals surface area contributed by atoms with E-state index in [1.807, 2.05) is 6.07 Å². The highest BCUT2D eigenvalue weighted by molar-refractivity contribution is 5.97. The van der Waals surface area contributed by atoms with Crippen LogP contribution in [0.5, 0.6) is 0 Å². The van der Waals surface area contributed by atoms with Crippen molar-refractivity contribution in [1.82, 2.24) is 15.4 Å². The van der Waals surface area contributed by atoms with Gasteiger partial charge < -0.3 is 4.98 Å². The number of nitrogens with one attached hydrogen (secondary N) is 2. The Morgan fingerprint density at radius 3 is 2.67 bits per heavy atom.